The monoisotopic (exact) mass is 563 g/mol. The molecule has 210 valence electrons. The minimum Gasteiger partial charge on any atom is -0.310 e. The topological polar surface area (TPSA) is 3.24 Å². The Morgan fingerprint density at radius 1 is 0.386 bits per heavy atom. The maximum absolute atomic E-state index is 2.40. The van der Waals surface area contributed by atoms with Crippen LogP contribution in [0.15, 0.2) is 164 Å². The molecule has 1 aliphatic carbocycles. The van der Waals surface area contributed by atoms with Gasteiger partial charge in [-0.2, -0.15) is 0 Å². The standard InChI is InChI=1S/C43H33N/c1-43(2)41-18-9-8-16-39(41)40-28-27-36(29-42(40)43)44(34-23-19-31(20-24-34)30-11-4-3-5-12-30)35-25-21-33(22-26-35)38-17-10-14-32-13-6-7-15-37(32)38/h3-29H,1-2H3. The summed E-state index contributed by atoms with van der Waals surface area (Å²) < 4.78 is 0. The zero-order valence-electron chi connectivity index (χ0n) is 25.0. The van der Waals surface area contributed by atoms with E-state index in [1.54, 1.807) is 0 Å². The fraction of sp³-hybridized carbons (Fsp3) is 0.0698. The van der Waals surface area contributed by atoms with Crippen LogP contribution in [0.4, 0.5) is 17.1 Å². The van der Waals surface area contributed by atoms with E-state index < -0.39 is 0 Å². The Morgan fingerprint density at radius 2 is 0.932 bits per heavy atom. The van der Waals surface area contributed by atoms with Crippen LogP contribution < -0.4 is 4.90 Å². The fourth-order valence-corrected chi connectivity index (χ4v) is 6.98. The van der Waals surface area contributed by atoms with Crippen molar-refractivity contribution in [1.82, 2.24) is 0 Å². The highest BCUT2D eigenvalue weighted by Gasteiger charge is 2.35. The van der Waals surface area contributed by atoms with Crippen LogP contribution in [0, 0.1) is 0 Å². The van der Waals surface area contributed by atoms with Gasteiger partial charge in [-0.1, -0.05) is 141 Å². The van der Waals surface area contributed by atoms with Crippen molar-refractivity contribution in [3.8, 4) is 33.4 Å². The minimum absolute atomic E-state index is 0.0665. The number of rotatable bonds is 5. The molecule has 7 aromatic carbocycles. The summed E-state index contributed by atoms with van der Waals surface area (Å²) in [5.74, 6) is 0. The summed E-state index contributed by atoms with van der Waals surface area (Å²) in [5.41, 5.74) is 13.7. The summed E-state index contributed by atoms with van der Waals surface area (Å²) in [4.78, 5) is 2.39. The molecular formula is C43H33N. The average molecular weight is 564 g/mol. The summed E-state index contributed by atoms with van der Waals surface area (Å²) in [6.07, 6.45) is 0. The van der Waals surface area contributed by atoms with Gasteiger partial charge in [-0.15, -0.1) is 0 Å². The van der Waals surface area contributed by atoms with E-state index in [0.717, 1.165) is 17.1 Å². The van der Waals surface area contributed by atoms with Crippen LogP contribution in [0.3, 0.4) is 0 Å². The number of fused-ring (bicyclic) bond motifs is 4. The van der Waals surface area contributed by atoms with Crippen molar-refractivity contribution in [2.45, 2.75) is 19.3 Å². The van der Waals surface area contributed by atoms with E-state index in [4.69, 9.17) is 0 Å². The highest BCUT2D eigenvalue weighted by Crippen LogP contribution is 2.50. The third kappa shape index (κ3) is 4.32. The second-order valence-electron chi connectivity index (χ2n) is 12.2. The maximum Gasteiger partial charge on any atom is 0.0465 e. The molecule has 0 heterocycles. The predicted octanol–water partition coefficient (Wildman–Crippen LogP) is 11.9. The van der Waals surface area contributed by atoms with E-state index in [2.05, 4.69) is 183 Å². The van der Waals surface area contributed by atoms with Crippen LogP contribution in [0.25, 0.3) is 44.2 Å². The zero-order chi connectivity index (χ0) is 29.7. The molecule has 0 N–H and O–H groups in total. The molecule has 44 heavy (non-hydrogen) atoms. The summed E-state index contributed by atoms with van der Waals surface area (Å²) >= 11 is 0. The van der Waals surface area contributed by atoms with Gasteiger partial charge in [0.25, 0.3) is 0 Å². The van der Waals surface area contributed by atoms with Crippen LogP contribution in [0.2, 0.25) is 0 Å². The van der Waals surface area contributed by atoms with Crippen molar-refractivity contribution in [2.75, 3.05) is 4.90 Å². The van der Waals surface area contributed by atoms with Crippen molar-refractivity contribution in [2.24, 2.45) is 0 Å². The Balaban J connectivity index is 1.24. The second kappa shape index (κ2) is 10.4. The Kier molecular flexibility index (Phi) is 6.20. The Labute approximate surface area is 259 Å². The van der Waals surface area contributed by atoms with Crippen molar-refractivity contribution in [3.05, 3.63) is 175 Å². The highest BCUT2D eigenvalue weighted by molar-refractivity contribution is 5.97. The molecular weight excluding hydrogens is 530 g/mol. The molecule has 0 radical (unpaired) electrons. The third-order valence-electron chi connectivity index (χ3n) is 9.28. The van der Waals surface area contributed by atoms with Gasteiger partial charge < -0.3 is 4.90 Å². The van der Waals surface area contributed by atoms with Gasteiger partial charge >= 0.3 is 0 Å². The summed E-state index contributed by atoms with van der Waals surface area (Å²) in [6, 6.07) is 59.6. The predicted molar refractivity (Wildman–Crippen MR) is 187 cm³/mol. The van der Waals surface area contributed by atoms with Crippen LogP contribution in [0.5, 0.6) is 0 Å². The van der Waals surface area contributed by atoms with Crippen LogP contribution >= 0.6 is 0 Å². The van der Waals surface area contributed by atoms with Gasteiger partial charge in [0.05, 0.1) is 0 Å². The first-order chi connectivity index (χ1) is 21.6. The molecule has 0 aliphatic heterocycles. The summed E-state index contributed by atoms with van der Waals surface area (Å²) in [6.45, 7) is 4.69. The lowest BCUT2D eigenvalue weighted by Gasteiger charge is -2.28. The van der Waals surface area contributed by atoms with Crippen LogP contribution in [-0.4, -0.2) is 0 Å². The molecule has 0 amide bonds. The molecule has 1 heteroatoms. The van der Waals surface area contributed by atoms with Crippen molar-refractivity contribution < 1.29 is 0 Å². The van der Waals surface area contributed by atoms with E-state index in [1.165, 1.54) is 55.3 Å². The van der Waals surface area contributed by atoms with Crippen molar-refractivity contribution in [3.63, 3.8) is 0 Å². The normalized spacial score (nSPS) is 13.0. The first kappa shape index (κ1) is 26.2. The van der Waals surface area contributed by atoms with E-state index in [9.17, 15) is 0 Å². The molecule has 0 atom stereocenters. The van der Waals surface area contributed by atoms with Crippen LogP contribution in [0.1, 0.15) is 25.0 Å². The number of hydrogen-bond acceptors (Lipinski definition) is 1. The quantitative estimate of drug-likeness (QED) is 0.201. The van der Waals surface area contributed by atoms with Gasteiger partial charge in [-0.25, -0.2) is 0 Å². The van der Waals surface area contributed by atoms with E-state index in [0.29, 0.717) is 0 Å². The molecule has 0 spiro atoms. The molecule has 0 saturated heterocycles. The number of hydrogen-bond donors (Lipinski definition) is 0. The van der Waals surface area contributed by atoms with Gasteiger partial charge in [-0.3, -0.25) is 0 Å². The van der Waals surface area contributed by atoms with E-state index in [1.807, 2.05) is 0 Å². The molecule has 1 aliphatic rings. The average Bonchev–Trinajstić information content (AvgIpc) is 3.31. The van der Waals surface area contributed by atoms with Crippen molar-refractivity contribution >= 4 is 27.8 Å². The Hall–Kier alpha value is -5.40. The van der Waals surface area contributed by atoms with Crippen LogP contribution in [-0.2, 0) is 5.41 Å². The largest absolute Gasteiger partial charge is 0.310 e. The SMILES string of the molecule is CC1(C)c2ccccc2-c2ccc(N(c3ccc(-c4ccccc4)cc3)c3ccc(-c4cccc5ccccc45)cc3)cc21. The molecule has 0 fully saturated rings. The highest BCUT2D eigenvalue weighted by atomic mass is 15.1. The summed E-state index contributed by atoms with van der Waals surface area (Å²) in [7, 11) is 0. The lowest BCUT2D eigenvalue weighted by atomic mass is 9.82. The number of anilines is 3. The third-order valence-corrected chi connectivity index (χ3v) is 9.28. The lowest BCUT2D eigenvalue weighted by molar-refractivity contribution is 0.660. The van der Waals surface area contributed by atoms with Gasteiger partial charge in [0.1, 0.15) is 0 Å². The van der Waals surface area contributed by atoms with E-state index >= 15 is 0 Å². The molecule has 0 bridgehead atoms. The first-order valence-corrected chi connectivity index (χ1v) is 15.4. The van der Waals surface area contributed by atoms with Gasteiger partial charge in [0.2, 0.25) is 0 Å². The number of nitrogens with zero attached hydrogens (tertiary/aromatic N) is 1. The second-order valence-corrected chi connectivity index (χ2v) is 12.2. The first-order valence-electron chi connectivity index (χ1n) is 15.4. The molecule has 7 aromatic rings. The van der Waals surface area contributed by atoms with Crippen molar-refractivity contribution in [1.29, 1.82) is 0 Å². The Bertz CT molecular complexity index is 2120. The van der Waals surface area contributed by atoms with Gasteiger partial charge in [0, 0.05) is 22.5 Å². The molecule has 8 rings (SSSR count). The Morgan fingerprint density at radius 3 is 1.70 bits per heavy atom. The molecule has 0 aromatic heterocycles. The number of benzene rings is 7. The van der Waals surface area contributed by atoms with E-state index in [-0.39, 0.29) is 5.41 Å². The lowest BCUT2D eigenvalue weighted by Crippen LogP contribution is -2.16. The molecule has 1 nitrogen and oxygen atoms in total. The zero-order valence-corrected chi connectivity index (χ0v) is 25.0. The molecule has 0 saturated carbocycles. The summed E-state index contributed by atoms with van der Waals surface area (Å²) in [5, 5.41) is 2.53. The fourth-order valence-electron chi connectivity index (χ4n) is 6.98. The smallest absolute Gasteiger partial charge is 0.0465 e. The minimum atomic E-state index is -0.0665. The maximum atomic E-state index is 2.40. The van der Waals surface area contributed by atoms with Gasteiger partial charge in [0.15, 0.2) is 0 Å². The molecule has 0 unspecified atom stereocenters. The van der Waals surface area contributed by atoms with Gasteiger partial charge in [-0.05, 0) is 91.7 Å².